The molecule has 2 rings (SSSR count). The van der Waals surface area contributed by atoms with Crippen molar-refractivity contribution in [3.05, 3.63) is 62.1 Å². The van der Waals surface area contributed by atoms with Gasteiger partial charge >= 0.3 is 5.97 Å². The zero-order valence-electron chi connectivity index (χ0n) is 12.7. The summed E-state index contributed by atoms with van der Waals surface area (Å²) in [6, 6.07) is 9.38. The predicted molar refractivity (Wildman–Crippen MR) is 101 cm³/mol. The van der Waals surface area contributed by atoms with Gasteiger partial charge in [-0.2, -0.15) is 0 Å². The molecule has 0 aliphatic carbocycles. The first-order valence-electron chi connectivity index (χ1n) is 7.17. The molecule has 25 heavy (non-hydrogen) atoms. The number of hydrogen-bond acceptors (Lipinski definition) is 2. The van der Waals surface area contributed by atoms with E-state index in [-0.39, 0.29) is 18.7 Å². The van der Waals surface area contributed by atoms with E-state index in [1.165, 1.54) is 6.07 Å². The van der Waals surface area contributed by atoms with Crippen LogP contribution in [0.25, 0.3) is 0 Å². The Balaban J connectivity index is 2.18. The molecule has 2 N–H and O–H groups in total. The maximum absolute atomic E-state index is 12.3. The van der Waals surface area contributed by atoms with Crippen molar-refractivity contribution >= 4 is 64.0 Å². The van der Waals surface area contributed by atoms with E-state index in [0.717, 1.165) is 0 Å². The molecule has 4 nitrogen and oxygen atoms in total. The topological polar surface area (TPSA) is 66.4 Å². The molecular weight excluding hydrogens is 408 g/mol. The molecule has 0 aliphatic heterocycles. The third-order valence-corrected chi connectivity index (χ3v) is 4.40. The van der Waals surface area contributed by atoms with Crippen LogP contribution in [0.2, 0.25) is 20.1 Å². The summed E-state index contributed by atoms with van der Waals surface area (Å²) in [7, 11) is 0. The summed E-state index contributed by atoms with van der Waals surface area (Å²) in [6.07, 6.45) is -0.317. The fraction of sp³-hybridized carbons (Fsp3) is 0.176. The Bertz CT molecular complexity index is 790. The summed E-state index contributed by atoms with van der Waals surface area (Å²) in [5.41, 5.74) is 0.978. The molecule has 2 aromatic carbocycles. The number of carbonyl (C=O) groups is 2. The highest BCUT2D eigenvalue weighted by Gasteiger charge is 2.22. The zero-order chi connectivity index (χ0) is 18.6. The fourth-order valence-electron chi connectivity index (χ4n) is 2.40. The number of amides is 1. The maximum Gasteiger partial charge on any atom is 0.303 e. The van der Waals surface area contributed by atoms with Crippen LogP contribution >= 0.6 is 46.4 Å². The molecule has 0 bridgehead atoms. The Kier molecular flexibility index (Phi) is 6.96. The van der Waals surface area contributed by atoms with Crippen molar-refractivity contribution in [3.8, 4) is 0 Å². The minimum absolute atomic E-state index is 0.0716. The molecule has 132 valence electrons. The molecule has 0 saturated carbocycles. The Morgan fingerprint density at radius 3 is 2.12 bits per heavy atom. The van der Waals surface area contributed by atoms with Crippen molar-refractivity contribution in [2.45, 2.75) is 18.8 Å². The number of hydrogen-bond donors (Lipinski definition) is 2. The lowest BCUT2D eigenvalue weighted by atomic mass is 9.92. The number of nitrogens with one attached hydrogen (secondary N) is 1. The second-order valence-corrected chi connectivity index (χ2v) is 7.09. The van der Waals surface area contributed by atoms with Crippen LogP contribution in [0.15, 0.2) is 36.4 Å². The quantitative estimate of drug-likeness (QED) is 0.612. The monoisotopic (exact) mass is 419 g/mol. The van der Waals surface area contributed by atoms with Gasteiger partial charge < -0.3 is 10.4 Å². The van der Waals surface area contributed by atoms with Gasteiger partial charge in [0, 0.05) is 38.1 Å². The minimum Gasteiger partial charge on any atom is -0.481 e. The minimum atomic E-state index is -1.03. The molecule has 0 radical (unpaired) electrons. The van der Waals surface area contributed by atoms with Crippen LogP contribution in [-0.2, 0) is 9.59 Å². The average molecular weight is 421 g/mol. The molecule has 0 aliphatic rings. The summed E-state index contributed by atoms with van der Waals surface area (Å²) >= 11 is 23.8. The van der Waals surface area contributed by atoms with Crippen molar-refractivity contribution in [2.75, 3.05) is 5.32 Å². The van der Waals surface area contributed by atoms with Crippen LogP contribution in [0.5, 0.6) is 0 Å². The van der Waals surface area contributed by atoms with E-state index in [4.69, 9.17) is 51.5 Å². The average Bonchev–Trinajstić information content (AvgIpc) is 2.44. The fourth-order valence-corrected chi connectivity index (χ4v) is 3.49. The molecule has 0 heterocycles. The van der Waals surface area contributed by atoms with E-state index in [2.05, 4.69) is 5.32 Å². The first kappa shape index (κ1) is 19.9. The number of aliphatic carboxylic acids is 1. The summed E-state index contributed by atoms with van der Waals surface area (Å²) < 4.78 is 0. The van der Waals surface area contributed by atoms with Crippen LogP contribution in [0.4, 0.5) is 5.69 Å². The molecule has 0 spiro atoms. The Hall–Kier alpha value is -1.46. The van der Waals surface area contributed by atoms with Gasteiger partial charge in [0.1, 0.15) is 0 Å². The van der Waals surface area contributed by atoms with Crippen LogP contribution in [-0.4, -0.2) is 17.0 Å². The van der Waals surface area contributed by atoms with Crippen molar-refractivity contribution in [1.29, 1.82) is 0 Å². The molecule has 0 aromatic heterocycles. The predicted octanol–water partition coefficient (Wildman–Crippen LogP) is 5.89. The molecule has 8 heteroatoms. The first-order chi connectivity index (χ1) is 11.7. The standard InChI is InChI=1S/C17H13Cl4NO3/c18-10-1-2-14(15(21)8-10)9(4-17(24)25)3-16(23)22-13-6-11(19)5-12(20)7-13/h1-2,5-9H,3-4H2,(H,22,23)(H,24,25)/t9-/m1/s1. The van der Waals surface area contributed by atoms with E-state index in [9.17, 15) is 9.59 Å². The highest BCUT2D eigenvalue weighted by atomic mass is 35.5. The zero-order valence-corrected chi connectivity index (χ0v) is 15.8. The van der Waals surface area contributed by atoms with E-state index in [1.807, 2.05) is 0 Å². The highest BCUT2D eigenvalue weighted by Crippen LogP contribution is 2.32. The Morgan fingerprint density at radius 1 is 0.920 bits per heavy atom. The number of carbonyl (C=O) groups excluding carboxylic acids is 1. The van der Waals surface area contributed by atoms with E-state index in [0.29, 0.717) is 31.3 Å². The van der Waals surface area contributed by atoms with Gasteiger partial charge in [0.2, 0.25) is 5.91 Å². The number of carboxylic acids is 1. The SMILES string of the molecule is O=C(O)C[C@@H](CC(=O)Nc1cc(Cl)cc(Cl)c1)c1ccc(Cl)cc1Cl. The first-order valence-corrected chi connectivity index (χ1v) is 8.68. The van der Waals surface area contributed by atoms with E-state index < -0.39 is 11.9 Å². The second-order valence-electron chi connectivity index (χ2n) is 5.37. The van der Waals surface area contributed by atoms with Gasteiger partial charge in [-0.3, -0.25) is 9.59 Å². The largest absolute Gasteiger partial charge is 0.481 e. The Morgan fingerprint density at radius 2 is 1.56 bits per heavy atom. The van der Waals surface area contributed by atoms with Crippen molar-refractivity contribution in [3.63, 3.8) is 0 Å². The van der Waals surface area contributed by atoms with Gasteiger partial charge in [-0.25, -0.2) is 0 Å². The second kappa shape index (κ2) is 8.77. The maximum atomic E-state index is 12.3. The summed E-state index contributed by atoms with van der Waals surface area (Å²) in [5, 5.41) is 13.3. The van der Waals surface area contributed by atoms with Crippen LogP contribution in [0.3, 0.4) is 0 Å². The molecule has 0 saturated heterocycles. The third-order valence-electron chi connectivity index (χ3n) is 3.40. The van der Waals surface area contributed by atoms with E-state index >= 15 is 0 Å². The van der Waals surface area contributed by atoms with Gasteiger partial charge in [0.15, 0.2) is 0 Å². The molecular formula is C17H13Cl4NO3. The van der Waals surface area contributed by atoms with Crippen LogP contribution < -0.4 is 5.32 Å². The van der Waals surface area contributed by atoms with Gasteiger partial charge in [-0.15, -0.1) is 0 Å². The normalized spacial score (nSPS) is 11.8. The van der Waals surface area contributed by atoms with Crippen molar-refractivity contribution < 1.29 is 14.7 Å². The van der Waals surface area contributed by atoms with Crippen molar-refractivity contribution in [1.82, 2.24) is 0 Å². The molecule has 0 fully saturated rings. The Labute approximate surface area is 164 Å². The lowest BCUT2D eigenvalue weighted by molar-refractivity contribution is -0.137. The summed E-state index contributed by atoms with van der Waals surface area (Å²) in [4.78, 5) is 23.5. The number of carboxylic acid groups (broad SMARTS) is 1. The number of anilines is 1. The number of benzene rings is 2. The van der Waals surface area contributed by atoms with Gasteiger partial charge in [0.05, 0.1) is 6.42 Å². The lowest BCUT2D eigenvalue weighted by Crippen LogP contribution is -2.18. The van der Waals surface area contributed by atoms with Gasteiger partial charge in [-0.1, -0.05) is 52.5 Å². The smallest absolute Gasteiger partial charge is 0.303 e. The van der Waals surface area contributed by atoms with Gasteiger partial charge in [-0.05, 0) is 35.9 Å². The molecule has 1 atom stereocenters. The lowest BCUT2D eigenvalue weighted by Gasteiger charge is -2.17. The van der Waals surface area contributed by atoms with E-state index in [1.54, 1.807) is 30.3 Å². The van der Waals surface area contributed by atoms with Crippen LogP contribution in [0.1, 0.15) is 24.3 Å². The number of rotatable bonds is 6. The summed E-state index contributed by atoms with van der Waals surface area (Å²) in [5.74, 6) is -2.01. The molecule has 2 aromatic rings. The van der Waals surface area contributed by atoms with Crippen LogP contribution in [0, 0.1) is 0 Å². The summed E-state index contributed by atoms with van der Waals surface area (Å²) in [6.45, 7) is 0. The third kappa shape index (κ3) is 6.08. The van der Waals surface area contributed by atoms with Crippen molar-refractivity contribution in [2.24, 2.45) is 0 Å². The molecule has 1 amide bonds. The molecule has 0 unspecified atom stereocenters. The number of halogens is 4. The van der Waals surface area contributed by atoms with Gasteiger partial charge in [0.25, 0.3) is 0 Å². The highest BCUT2D eigenvalue weighted by molar-refractivity contribution is 6.35.